The van der Waals surface area contributed by atoms with Crippen LogP contribution in [-0.2, 0) is 0 Å². The molecule has 0 spiro atoms. The van der Waals surface area contributed by atoms with E-state index in [0.29, 0.717) is 0 Å². The zero-order valence-electron chi connectivity index (χ0n) is 10.9. The Morgan fingerprint density at radius 3 is 2.56 bits per heavy atom. The third-order valence-electron chi connectivity index (χ3n) is 3.57. The third-order valence-corrected chi connectivity index (χ3v) is 5.01. The van der Waals surface area contributed by atoms with E-state index in [2.05, 4.69) is 11.2 Å². The van der Waals surface area contributed by atoms with Crippen LogP contribution in [0.25, 0.3) is 0 Å². The fourth-order valence-electron chi connectivity index (χ4n) is 2.37. The quantitative estimate of drug-likeness (QED) is 0.915. The second-order valence-electron chi connectivity index (χ2n) is 4.81. The second-order valence-corrected chi connectivity index (χ2v) is 6.35. The van der Waals surface area contributed by atoms with Gasteiger partial charge in [-0.3, -0.25) is 0 Å². The van der Waals surface area contributed by atoms with Gasteiger partial charge in [-0.15, -0.1) is 0 Å². The molecule has 0 bridgehead atoms. The number of halogens is 1. The Hall–Kier alpha value is -0.380. The van der Waals surface area contributed by atoms with E-state index in [0.717, 1.165) is 34.6 Å². The van der Waals surface area contributed by atoms with Gasteiger partial charge < -0.3 is 10.0 Å². The summed E-state index contributed by atoms with van der Waals surface area (Å²) in [4.78, 5) is 2.35. The lowest BCUT2D eigenvalue weighted by Crippen LogP contribution is -2.34. The van der Waals surface area contributed by atoms with Gasteiger partial charge in [-0.25, -0.2) is 0 Å². The minimum absolute atomic E-state index is 0.459. The van der Waals surface area contributed by atoms with Crippen LogP contribution in [0, 0.1) is 0 Å². The fourth-order valence-corrected chi connectivity index (χ4v) is 3.36. The van der Waals surface area contributed by atoms with Crippen molar-refractivity contribution in [1.29, 1.82) is 0 Å². The van der Waals surface area contributed by atoms with Gasteiger partial charge in [-0.05, 0) is 43.7 Å². The Balaban J connectivity index is 2.10. The topological polar surface area (TPSA) is 23.5 Å². The first kappa shape index (κ1) is 14.0. The predicted molar refractivity (Wildman–Crippen MR) is 80.8 cm³/mol. The molecule has 0 saturated carbocycles. The van der Waals surface area contributed by atoms with E-state index in [-0.39, 0.29) is 0 Å². The molecule has 0 amide bonds. The summed E-state index contributed by atoms with van der Waals surface area (Å²) in [5, 5.41) is 11.1. The Kier molecular flexibility index (Phi) is 4.82. The third kappa shape index (κ3) is 3.14. The van der Waals surface area contributed by atoms with Crippen LogP contribution in [0.2, 0.25) is 5.02 Å². The number of hydrogen-bond acceptors (Lipinski definition) is 3. The number of nitrogens with zero attached hydrogens (tertiary/aromatic N) is 1. The number of aliphatic hydroxyl groups excluding tert-OH is 1. The van der Waals surface area contributed by atoms with Gasteiger partial charge in [0.25, 0.3) is 0 Å². The summed E-state index contributed by atoms with van der Waals surface area (Å²) in [5.41, 5.74) is 1.98. The SMILES string of the molecule is CSC1CCN(c2ccc(C(C)O)cc2Cl)CC1. The molecule has 1 saturated heterocycles. The van der Waals surface area contributed by atoms with E-state index in [1.54, 1.807) is 6.92 Å². The molecule has 1 atom stereocenters. The van der Waals surface area contributed by atoms with Gasteiger partial charge in [0.1, 0.15) is 0 Å². The van der Waals surface area contributed by atoms with Crippen molar-refractivity contribution in [2.45, 2.75) is 31.1 Å². The van der Waals surface area contributed by atoms with Crippen molar-refractivity contribution >= 4 is 29.1 Å². The average molecular weight is 286 g/mol. The van der Waals surface area contributed by atoms with Gasteiger partial charge in [0.2, 0.25) is 0 Å². The van der Waals surface area contributed by atoms with Crippen molar-refractivity contribution in [2.24, 2.45) is 0 Å². The lowest BCUT2D eigenvalue weighted by Gasteiger charge is -2.33. The van der Waals surface area contributed by atoms with Crippen molar-refractivity contribution < 1.29 is 5.11 Å². The number of hydrogen-bond donors (Lipinski definition) is 1. The molecular formula is C14H20ClNOS. The highest BCUT2D eigenvalue weighted by Crippen LogP contribution is 2.32. The molecule has 18 heavy (non-hydrogen) atoms. The van der Waals surface area contributed by atoms with Crippen LogP contribution in [0.4, 0.5) is 5.69 Å². The smallest absolute Gasteiger partial charge is 0.0762 e. The highest BCUT2D eigenvalue weighted by atomic mass is 35.5. The van der Waals surface area contributed by atoms with Gasteiger partial charge in [0.15, 0.2) is 0 Å². The van der Waals surface area contributed by atoms with Crippen LogP contribution < -0.4 is 4.90 Å². The minimum Gasteiger partial charge on any atom is -0.389 e. The van der Waals surface area contributed by atoms with Crippen LogP contribution in [0.15, 0.2) is 18.2 Å². The molecule has 1 heterocycles. The largest absolute Gasteiger partial charge is 0.389 e. The van der Waals surface area contributed by atoms with Crippen molar-refractivity contribution in [3.05, 3.63) is 28.8 Å². The van der Waals surface area contributed by atoms with Gasteiger partial charge >= 0.3 is 0 Å². The second kappa shape index (κ2) is 6.18. The molecule has 0 aromatic heterocycles. The summed E-state index contributed by atoms with van der Waals surface area (Å²) in [5.74, 6) is 0. The predicted octanol–water partition coefficient (Wildman–Crippen LogP) is 3.73. The van der Waals surface area contributed by atoms with E-state index in [1.807, 2.05) is 30.0 Å². The highest BCUT2D eigenvalue weighted by molar-refractivity contribution is 7.99. The van der Waals surface area contributed by atoms with E-state index in [9.17, 15) is 5.11 Å². The zero-order valence-corrected chi connectivity index (χ0v) is 12.5. The Morgan fingerprint density at radius 2 is 2.06 bits per heavy atom. The van der Waals surface area contributed by atoms with Crippen molar-refractivity contribution in [1.82, 2.24) is 0 Å². The highest BCUT2D eigenvalue weighted by Gasteiger charge is 2.20. The molecule has 2 nitrogen and oxygen atoms in total. The molecule has 2 rings (SSSR count). The normalized spacial score (nSPS) is 19.0. The fraction of sp³-hybridized carbons (Fsp3) is 0.571. The summed E-state index contributed by atoms with van der Waals surface area (Å²) in [6.07, 6.45) is 4.16. The van der Waals surface area contributed by atoms with E-state index >= 15 is 0 Å². The molecule has 0 radical (unpaired) electrons. The number of benzene rings is 1. The molecule has 1 aliphatic heterocycles. The molecule has 1 aromatic rings. The maximum atomic E-state index is 9.54. The number of thioether (sulfide) groups is 1. The summed E-state index contributed by atoms with van der Waals surface area (Å²) in [6.45, 7) is 3.90. The van der Waals surface area contributed by atoms with Crippen LogP contribution >= 0.6 is 23.4 Å². The van der Waals surface area contributed by atoms with Crippen molar-refractivity contribution in [3.8, 4) is 0 Å². The first-order chi connectivity index (χ1) is 8.61. The van der Waals surface area contributed by atoms with Crippen LogP contribution in [0.1, 0.15) is 31.4 Å². The van der Waals surface area contributed by atoms with Crippen LogP contribution in [-0.4, -0.2) is 29.7 Å². The van der Waals surface area contributed by atoms with Gasteiger partial charge in [0.05, 0.1) is 16.8 Å². The molecule has 1 fully saturated rings. The standard InChI is InChI=1S/C14H20ClNOS/c1-10(17)11-3-4-14(13(15)9-11)16-7-5-12(18-2)6-8-16/h3-4,9-10,12,17H,5-8H2,1-2H3. The molecule has 4 heteroatoms. The summed E-state index contributed by atoms with van der Waals surface area (Å²) < 4.78 is 0. The Morgan fingerprint density at radius 1 is 1.39 bits per heavy atom. The first-order valence-electron chi connectivity index (χ1n) is 6.37. The number of anilines is 1. The van der Waals surface area contributed by atoms with Crippen LogP contribution in [0.5, 0.6) is 0 Å². The molecular weight excluding hydrogens is 266 g/mol. The molecule has 0 aliphatic carbocycles. The Labute approximate surface area is 118 Å². The summed E-state index contributed by atoms with van der Waals surface area (Å²) in [6, 6.07) is 5.87. The number of rotatable bonds is 3. The first-order valence-corrected chi connectivity index (χ1v) is 8.03. The van der Waals surface area contributed by atoms with Crippen molar-refractivity contribution in [2.75, 3.05) is 24.2 Å². The lowest BCUT2D eigenvalue weighted by atomic mass is 10.1. The van der Waals surface area contributed by atoms with Crippen molar-refractivity contribution in [3.63, 3.8) is 0 Å². The maximum Gasteiger partial charge on any atom is 0.0762 e. The van der Waals surface area contributed by atoms with E-state index in [1.165, 1.54) is 12.8 Å². The molecule has 1 N–H and O–H groups in total. The molecule has 100 valence electrons. The number of aliphatic hydroxyl groups is 1. The van der Waals surface area contributed by atoms with Gasteiger partial charge in [-0.1, -0.05) is 17.7 Å². The summed E-state index contributed by atoms with van der Waals surface area (Å²) >= 11 is 8.28. The molecule has 1 unspecified atom stereocenters. The summed E-state index contributed by atoms with van der Waals surface area (Å²) in [7, 11) is 0. The van der Waals surface area contributed by atoms with Crippen LogP contribution in [0.3, 0.4) is 0 Å². The lowest BCUT2D eigenvalue weighted by molar-refractivity contribution is 0.199. The maximum absolute atomic E-state index is 9.54. The zero-order chi connectivity index (χ0) is 13.1. The average Bonchev–Trinajstić information content (AvgIpc) is 2.38. The van der Waals surface area contributed by atoms with E-state index in [4.69, 9.17) is 11.6 Å². The monoisotopic (exact) mass is 285 g/mol. The van der Waals surface area contributed by atoms with Gasteiger partial charge in [-0.2, -0.15) is 11.8 Å². The minimum atomic E-state index is -0.459. The molecule has 1 aromatic carbocycles. The number of piperidine rings is 1. The van der Waals surface area contributed by atoms with Gasteiger partial charge in [0, 0.05) is 18.3 Å². The van der Waals surface area contributed by atoms with E-state index < -0.39 is 6.10 Å². The Bertz CT molecular complexity index is 403. The molecule has 1 aliphatic rings.